The van der Waals surface area contributed by atoms with Gasteiger partial charge in [0, 0.05) is 23.7 Å². The summed E-state index contributed by atoms with van der Waals surface area (Å²) in [6.45, 7) is 2.01. The van der Waals surface area contributed by atoms with Gasteiger partial charge in [-0.2, -0.15) is 0 Å². The molecule has 0 saturated carbocycles. The number of aromatic amines is 1. The molecule has 0 saturated heterocycles. The van der Waals surface area contributed by atoms with Crippen molar-refractivity contribution in [2.45, 2.75) is 6.92 Å². The molecule has 1 N–H and O–H groups in total. The molecule has 2 heterocycles. The van der Waals surface area contributed by atoms with Gasteiger partial charge in [0.05, 0.1) is 6.33 Å². The van der Waals surface area contributed by atoms with Gasteiger partial charge in [0.25, 0.3) is 0 Å². The van der Waals surface area contributed by atoms with E-state index >= 15 is 0 Å². The van der Waals surface area contributed by atoms with E-state index in [1.807, 2.05) is 25.3 Å². The Labute approximate surface area is 86.9 Å². The lowest BCUT2D eigenvalue weighted by molar-refractivity contribution is 1.15. The van der Waals surface area contributed by atoms with E-state index < -0.39 is 0 Å². The second-order valence-electron chi connectivity index (χ2n) is 2.99. The van der Waals surface area contributed by atoms with Crippen LogP contribution in [0.25, 0.3) is 11.3 Å². The van der Waals surface area contributed by atoms with Crippen LogP contribution in [0.3, 0.4) is 0 Å². The Kier molecular flexibility index (Phi) is 2.37. The van der Waals surface area contributed by atoms with Crippen LogP contribution in [-0.2, 0) is 0 Å². The minimum absolute atomic E-state index is 0.593. The zero-order chi connectivity index (χ0) is 9.97. The van der Waals surface area contributed by atoms with Gasteiger partial charge in [-0.15, -0.1) is 0 Å². The summed E-state index contributed by atoms with van der Waals surface area (Å²) in [4.78, 5) is 11.0. The van der Waals surface area contributed by atoms with Gasteiger partial charge in [0.1, 0.15) is 4.64 Å². The summed E-state index contributed by atoms with van der Waals surface area (Å²) in [6.07, 6.45) is 5.20. The van der Waals surface area contributed by atoms with Gasteiger partial charge in [-0.05, 0) is 24.6 Å². The number of hydrogen-bond donors (Lipinski definition) is 1. The van der Waals surface area contributed by atoms with E-state index in [0.717, 1.165) is 16.8 Å². The molecular weight excluding hydrogens is 194 g/mol. The van der Waals surface area contributed by atoms with Gasteiger partial charge in [0.2, 0.25) is 0 Å². The molecule has 0 unspecified atom stereocenters. The van der Waals surface area contributed by atoms with Crippen LogP contribution in [0, 0.1) is 11.6 Å². The number of aromatic nitrogens is 3. The summed E-state index contributed by atoms with van der Waals surface area (Å²) in [5.41, 5.74) is 3.20. The van der Waals surface area contributed by atoms with Crippen molar-refractivity contribution in [2.75, 3.05) is 0 Å². The Balaban J connectivity index is 2.61. The molecule has 2 rings (SSSR count). The minimum atomic E-state index is 0.593. The Bertz CT molecular complexity index is 504. The maximum atomic E-state index is 5.00. The van der Waals surface area contributed by atoms with Crippen LogP contribution in [0.4, 0.5) is 0 Å². The summed E-state index contributed by atoms with van der Waals surface area (Å²) >= 11 is 5.00. The largest absolute Gasteiger partial charge is 0.346 e. The molecule has 0 aromatic carbocycles. The molecule has 0 aliphatic rings. The van der Waals surface area contributed by atoms with Crippen molar-refractivity contribution in [3.63, 3.8) is 0 Å². The van der Waals surface area contributed by atoms with E-state index in [1.54, 1.807) is 12.5 Å². The maximum Gasteiger partial charge on any atom is 0.130 e. The fraction of sp³-hybridized carbons (Fsp3) is 0.100. The molecule has 0 aliphatic heterocycles. The average Bonchev–Trinajstić information content (AvgIpc) is 2.18. The predicted octanol–water partition coefficient (Wildman–Crippen LogP) is 2.51. The monoisotopic (exact) mass is 203 g/mol. The number of rotatable bonds is 1. The molecule has 0 radical (unpaired) electrons. The SMILES string of the molecule is Cc1cnccc1-c1cc(=S)nc[nH]1. The molecule has 0 amide bonds. The number of hydrogen-bond acceptors (Lipinski definition) is 3. The molecule has 70 valence electrons. The Hall–Kier alpha value is -1.55. The lowest BCUT2D eigenvalue weighted by atomic mass is 10.1. The van der Waals surface area contributed by atoms with Gasteiger partial charge < -0.3 is 4.98 Å². The summed E-state index contributed by atoms with van der Waals surface area (Å²) in [7, 11) is 0. The smallest absolute Gasteiger partial charge is 0.130 e. The maximum absolute atomic E-state index is 5.00. The summed E-state index contributed by atoms with van der Waals surface area (Å²) in [5, 5.41) is 0. The van der Waals surface area contributed by atoms with Gasteiger partial charge in [0.15, 0.2) is 0 Å². The lowest BCUT2D eigenvalue weighted by Gasteiger charge is -2.03. The highest BCUT2D eigenvalue weighted by Crippen LogP contribution is 2.18. The van der Waals surface area contributed by atoms with E-state index in [-0.39, 0.29) is 0 Å². The first-order valence-electron chi connectivity index (χ1n) is 4.23. The second-order valence-corrected chi connectivity index (χ2v) is 3.41. The van der Waals surface area contributed by atoms with E-state index in [0.29, 0.717) is 4.64 Å². The molecule has 2 aromatic rings. The number of nitrogens with zero attached hydrogens (tertiary/aromatic N) is 2. The molecule has 3 nitrogen and oxygen atoms in total. The van der Waals surface area contributed by atoms with E-state index in [4.69, 9.17) is 12.2 Å². The summed E-state index contributed by atoms with van der Waals surface area (Å²) in [6, 6.07) is 3.80. The van der Waals surface area contributed by atoms with Crippen molar-refractivity contribution in [1.29, 1.82) is 0 Å². The van der Waals surface area contributed by atoms with Crippen LogP contribution < -0.4 is 0 Å². The van der Waals surface area contributed by atoms with Gasteiger partial charge in [-0.1, -0.05) is 12.2 Å². The first-order chi connectivity index (χ1) is 6.77. The average molecular weight is 203 g/mol. The zero-order valence-corrected chi connectivity index (χ0v) is 8.51. The first-order valence-corrected chi connectivity index (χ1v) is 4.64. The Morgan fingerprint density at radius 2 is 2.29 bits per heavy atom. The van der Waals surface area contributed by atoms with Gasteiger partial charge in [-0.25, -0.2) is 4.98 Å². The summed E-state index contributed by atoms with van der Waals surface area (Å²) < 4.78 is 0.593. The van der Waals surface area contributed by atoms with Crippen molar-refractivity contribution in [2.24, 2.45) is 0 Å². The minimum Gasteiger partial charge on any atom is -0.346 e. The standard InChI is InChI=1S/C10H9N3S/c1-7-5-11-3-2-8(7)9-4-10(14)13-6-12-9/h2-6H,1H3,(H,12,13,14). The molecule has 0 atom stereocenters. The van der Waals surface area contributed by atoms with Crippen LogP contribution >= 0.6 is 12.2 Å². The molecule has 0 bridgehead atoms. The van der Waals surface area contributed by atoms with Crippen LogP contribution in [0.5, 0.6) is 0 Å². The zero-order valence-electron chi connectivity index (χ0n) is 7.69. The molecule has 0 aliphatic carbocycles. The van der Waals surface area contributed by atoms with Crippen molar-refractivity contribution < 1.29 is 0 Å². The van der Waals surface area contributed by atoms with Crippen molar-refractivity contribution in [1.82, 2.24) is 15.0 Å². The van der Waals surface area contributed by atoms with Crippen molar-refractivity contribution in [3.8, 4) is 11.3 Å². The van der Waals surface area contributed by atoms with Gasteiger partial charge >= 0.3 is 0 Å². The summed E-state index contributed by atoms with van der Waals surface area (Å²) in [5.74, 6) is 0. The predicted molar refractivity (Wildman–Crippen MR) is 57.4 cm³/mol. The second kappa shape index (κ2) is 3.67. The van der Waals surface area contributed by atoms with Gasteiger partial charge in [-0.3, -0.25) is 4.98 Å². The Morgan fingerprint density at radius 3 is 3.00 bits per heavy atom. The fourth-order valence-corrected chi connectivity index (χ4v) is 1.47. The molecule has 2 aromatic heterocycles. The highest BCUT2D eigenvalue weighted by Gasteiger charge is 2.00. The van der Waals surface area contributed by atoms with Crippen molar-refractivity contribution in [3.05, 3.63) is 41.1 Å². The fourth-order valence-electron chi connectivity index (χ4n) is 1.30. The quantitative estimate of drug-likeness (QED) is 0.724. The van der Waals surface area contributed by atoms with Crippen LogP contribution in [0.15, 0.2) is 30.9 Å². The number of H-pyrrole nitrogens is 1. The van der Waals surface area contributed by atoms with E-state index in [1.165, 1.54) is 0 Å². The highest BCUT2D eigenvalue weighted by molar-refractivity contribution is 7.71. The highest BCUT2D eigenvalue weighted by atomic mass is 32.1. The Morgan fingerprint density at radius 1 is 1.43 bits per heavy atom. The number of nitrogens with one attached hydrogen (secondary N) is 1. The van der Waals surface area contributed by atoms with Crippen LogP contribution in [0.1, 0.15) is 5.56 Å². The third-order valence-electron chi connectivity index (χ3n) is 1.99. The van der Waals surface area contributed by atoms with Crippen LogP contribution in [-0.4, -0.2) is 15.0 Å². The molecule has 4 heteroatoms. The molecular formula is C10H9N3S. The number of pyridine rings is 1. The first kappa shape index (κ1) is 9.02. The lowest BCUT2D eigenvalue weighted by Crippen LogP contribution is -1.88. The molecule has 0 spiro atoms. The van der Waals surface area contributed by atoms with E-state index in [2.05, 4.69) is 15.0 Å². The normalized spacial score (nSPS) is 10.1. The number of aryl methyl sites for hydroxylation is 1. The van der Waals surface area contributed by atoms with Crippen LogP contribution in [0.2, 0.25) is 0 Å². The third-order valence-corrected chi connectivity index (χ3v) is 2.21. The third kappa shape index (κ3) is 1.70. The van der Waals surface area contributed by atoms with Crippen molar-refractivity contribution >= 4 is 12.2 Å². The topological polar surface area (TPSA) is 41.6 Å². The molecule has 14 heavy (non-hydrogen) atoms. The molecule has 0 fully saturated rings. The van der Waals surface area contributed by atoms with E-state index in [9.17, 15) is 0 Å².